The molecule has 0 atom stereocenters. The summed E-state index contributed by atoms with van der Waals surface area (Å²) in [6, 6.07) is 5.17. The van der Waals surface area contributed by atoms with E-state index in [4.69, 9.17) is 5.73 Å². The van der Waals surface area contributed by atoms with Crippen molar-refractivity contribution in [2.45, 2.75) is 58.3 Å². The normalized spacial score (nSPS) is 19.7. The molecule has 2 heteroatoms. The largest absolute Gasteiger partial charge is 0.330 e. The Labute approximate surface area is 116 Å². The first-order valence-corrected chi connectivity index (χ1v) is 7.60. The van der Waals surface area contributed by atoms with Crippen molar-refractivity contribution in [3.05, 3.63) is 35.1 Å². The molecule has 0 aliphatic heterocycles. The van der Waals surface area contributed by atoms with Gasteiger partial charge in [0, 0.05) is 0 Å². The van der Waals surface area contributed by atoms with E-state index in [0.29, 0.717) is 0 Å². The van der Waals surface area contributed by atoms with Crippen molar-refractivity contribution in [2.75, 3.05) is 6.54 Å². The predicted molar refractivity (Wildman–Crippen MR) is 78.6 cm³/mol. The lowest BCUT2D eigenvalue weighted by Gasteiger charge is -2.35. The standard InChI is InChI=1S/C17H26FN/c1-14-11-16(18)8-7-15(14)12-17(13-19)9-5-3-2-4-6-10-17/h7-8,11H,2-6,9-10,12-13,19H2,1H3. The van der Waals surface area contributed by atoms with E-state index in [2.05, 4.69) is 0 Å². The summed E-state index contributed by atoms with van der Waals surface area (Å²) in [6.45, 7) is 2.76. The monoisotopic (exact) mass is 263 g/mol. The fourth-order valence-electron chi connectivity index (χ4n) is 3.37. The molecule has 1 fully saturated rings. The number of rotatable bonds is 3. The highest BCUT2D eigenvalue weighted by molar-refractivity contribution is 5.27. The minimum absolute atomic E-state index is 0.138. The molecule has 1 aliphatic rings. The van der Waals surface area contributed by atoms with Crippen molar-refractivity contribution in [3.8, 4) is 0 Å². The quantitative estimate of drug-likeness (QED) is 0.861. The van der Waals surface area contributed by atoms with Crippen molar-refractivity contribution in [1.82, 2.24) is 0 Å². The van der Waals surface area contributed by atoms with Crippen molar-refractivity contribution in [2.24, 2.45) is 11.1 Å². The van der Waals surface area contributed by atoms with Crippen LogP contribution >= 0.6 is 0 Å². The van der Waals surface area contributed by atoms with E-state index in [1.165, 1.54) is 50.5 Å². The second-order valence-corrected chi connectivity index (χ2v) is 6.22. The topological polar surface area (TPSA) is 26.0 Å². The summed E-state index contributed by atoms with van der Waals surface area (Å²) in [5.74, 6) is -0.138. The van der Waals surface area contributed by atoms with E-state index >= 15 is 0 Å². The van der Waals surface area contributed by atoms with Crippen molar-refractivity contribution in [1.29, 1.82) is 0 Å². The summed E-state index contributed by atoms with van der Waals surface area (Å²) >= 11 is 0. The zero-order chi connectivity index (χ0) is 13.7. The Balaban J connectivity index is 2.15. The van der Waals surface area contributed by atoms with Crippen molar-refractivity contribution < 1.29 is 4.39 Å². The van der Waals surface area contributed by atoms with Crippen LogP contribution in [-0.4, -0.2) is 6.54 Å². The van der Waals surface area contributed by atoms with Crippen LogP contribution in [-0.2, 0) is 6.42 Å². The summed E-state index contributed by atoms with van der Waals surface area (Å²) in [7, 11) is 0. The maximum atomic E-state index is 13.2. The molecule has 0 spiro atoms. The molecule has 19 heavy (non-hydrogen) atoms. The van der Waals surface area contributed by atoms with E-state index in [-0.39, 0.29) is 11.2 Å². The number of hydrogen-bond donors (Lipinski definition) is 1. The molecule has 1 aromatic rings. The Kier molecular flexibility index (Phi) is 4.98. The Morgan fingerprint density at radius 1 is 1.11 bits per heavy atom. The first-order valence-electron chi connectivity index (χ1n) is 7.60. The summed E-state index contributed by atoms with van der Waals surface area (Å²) in [6.07, 6.45) is 10.1. The summed E-state index contributed by atoms with van der Waals surface area (Å²) in [4.78, 5) is 0. The maximum Gasteiger partial charge on any atom is 0.123 e. The molecule has 0 heterocycles. The first-order chi connectivity index (χ1) is 9.15. The molecule has 0 unspecified atom stereocenters. The van der Waals surface area contributed by atoms with Crippen LogP contribution in [0.2, 0.25) is 0 Å². The number of nitrogens with two attached hydrogens (primary N) is 1. The number of halogens is 1. The van der Waals surface area contributed by atoms with Gasteiger partial charge in [0.1, 0.15) is 5.82 Å². The van der Waals surface area contributed by atoms with Gasteiger partial charge in [-0.15, -0.1) is 0 Å². The maximum absolute atomic E-state index is 13.2. The van der Waals surface area contributed by atoms with Crippen LogP contribution < -0.4 is 5.73 Å². The highest BCUT2D eigenvalue weighted by Crippen LogP contribution is 2.37. The Hall–Kier alpha value is -0.890. The summed E-state index contributed by atoms with van der Waals surface area (Å²) in [5.41, 5.74) is 8.69. The van der Waals surface area contributed by atoms with Crippen LogP contribution in [0.1, 0.15) is 56.1 Å². The van der Waals surface area contributed by atoms with Gasteiger partial charge < -0.3 is 5.73 Å². The van der Waals surface area contributed by atoms with Gasteiger partial charge in [-0.1, -0.05) is 38.2 Å². The molecular formula is C17H26FN. The lowest BCUT2D eigenvalue weighted by molar-refractivity contribution is 0.216. The third kappa shape index (κ3) is 3.79. The highest BCUT2D eigenvalue weighted by atomic mass is 19.1. The second-order valence-electron chi connectivity index (χ2n) is 6.22. The van der Waals surface area contributed by atoms with Gasteiger partial charge in [-0.05, 0) is 61.4 Å². The zero-order valence-electron chi connectivity index (χ0n) is 12.1. The first kappa shape index (κ1) is 14.5. The molecule has 0 saturated heterocycles. The molecule has 2 rings (SSSR count). The molecule has 0 amide bonds. The Bertz CT molecular complexity index is 406. The van der Waals surface area contributed by atoms with Gasteiger partial charge in [-0.25, -0.2) is 4.39 Å². The van der Waals surface area contributed by atoms with Gasteiger partial charge in [0.15, 0.2) is 0 Å². The van der Waals surface area contributed by atoms with Crippen molar-refractivity contribution >= 4 is 0 Å². The van der Waals surface area contributed by atoms with Crippen molar-refractivity contribution in [3.63, 3.8) is 0 Å². The van der Waals surface area contributed by atoms with Crippen LogP contribution in [0.5, 0.6) is 0 Å². The highest BCUT2D eigenvalue weighted by Gasteiger charge is 2.29. The van der Waals surface area contributed by atoms with Crippen LogP contribution in [0.15, 0.2) is 18.2 Å². The fourth-order valence-corrected chi connectivity index (χ4v) is 3.37. The predicted octanol–water partition coefficient (Wildman–Crippen LogP) is 4.37. The van der Waals surface area contributed by atoms with E-state index in [1.807, 2.05) is 13.0 Å². The van der Waals surface area contributed by atoms with Gasteiger partial charge in [0.05, 0.1) is 0 Å². The number of hydrogen-bond acceptors (Lipinski definition) is 1. The molecule has 2 N–H and O–H groups in total. The molecular weight excluding hydrogens is 237 g/mol. The SMILES string of the molecule is Cc1cc(F)ccc1CC1(CN)CCCCCCC1. The van der Waals surface area contributed by atoms with Gasteiger partial charge in [-0.2, -0.15) is 0 Å². The molecule has 106 valence electrons. The van der Waals surface area contributed by atoms with E-state index in [0.717, 1.165) is 18.5 Å². The molecule has 0 radical (unpaired) electrons. The lowest BCUT2D eigenvalue weighted by Crippen LogP contribution is -2.33. The van der Waals surface area contributed by atoms with Crippen LogP contribution in [0.25, 0.3) is 0 Å². The van der Waals surface area contributed by atoms with E-state index < -0.39 is 0 Å². The third-order valence-electron chi connectivity index (χ3n) is 4.72. The molecule has 1 aromatic carbocycles. The van der Waals surface area contributed by atoms with Crippen LogP contribution in [0.3, 0.4) is 0 Å². The Morgan fingerprint density at radius 3 is 2.32 bits per heavy atom. The molecule has 0 bridgehead atoms. The number of benzene rings is 1. The van der Waals surface area contributed by atoms with E-state index in [1.54, 1.807) is 12.1 Å². The van der Waals surface area contributed by atoms with Crippen LogP contribution in [0.4, 0.5) is 4.39 Å². The Morgan fingerprint density at radius 2 is 1.74 bits per heavy atom. The van der Waals surface area contributed by atoms with Gasteiger partial charge >= 0.3 is 0 Å². The number of aryl methyl sites for hydroxylation is 1. The summed E-state index contributed by atoms with van der Waals surface area (Å²) in [5, 5.41) is 0. The van der Waals surface area contributed by atoms with Gasteiger partial charge in [0.25, 0.3) is 0 Å². The average molecular weight is 263 g/mol. The molecule has 1 saturated carbocycles. The fraction of sp³-hybridized carbons (Fsp3) is 0.647. The molecule has 1 aliphatic carbocycles. The molecule has 0 aromatic heterocycles. The zero-order valence-corrected chi connectivity index (χ0v) is 12.1. The van der Waals surface area contributed by atoms with Crippen LogP contribution in [0, 0.1) is 18.2 Å². The van der Waals surface area contributed by atoms with Gasteiger partial charge in [0.2, 0.25) is 0 Å². The van der Waals surface area contributed by atoms with Gasteiger partial charge in [-0.3, -0.25) is 0 Å². The summed E-state index contributed by atoms with van der Waals surface area (Å²) < 4.78 is 13.2. The average Bonchev–Trinajstić information content (AvgIpc) is 2.36. The van der Waals surface area contributed by atoms with E-state index in [9.17, 15) is 4.39 Å². The molecule has 1 nitrogen and oxygen atoms in total. The smallest absolute Gasteiger partial charge is 0.123 e. The minimum Gasteiger partial charge on any atom is -0.330 e. The third-order valence-corrected chi connectivity index (χ3v) is 4.72. The lowest BCUT2D eigenvalue weighted by atomic mass is 9.72. The second kappa shape index (κ2) is 6.51. The minimum atomic E-state index is -0.138.